The highest BCUT2D eigenvalue weighted by atomic mass is 16.4. The third-order valence-corrected chi connectivity index (χ3v) is 2.54. The maximum Gasteiger partial charge on any atom is 0.354 e. The van der Waals surface area contributed by atoms with Gasteiger partial charge in [0.2, 0.25) is 0 Å². The summed E-state index contributed by atoms with van der Waals surface area (Å²) >= 11 is 0. The minimum atomic E-state index is -1.03. The number of hydrogen-bond donors (Lipinski definition) is 4. The standard InChI is InChI=1S/C11H19N3O3/c1-3-4-11(2,17)7-12-5-8-6-13-14-9(8)10(15)16/h6,12,17H,3-5,7H2,1-2H3,(H,13,14)(H,15,16). The van der Waals surface area contributed by atoms with Crippen LogP contribution in [0.4, 0.5) is 0 Å². The predicted octanol–water partition coefficient (Wildman–Crippen LogP) is 0.749. The predicted molar refractivity (Wildman–Crippen MR) is 62.8 cm³/mol. The van der Waals surface area contributed by atoms with Crippen molar-refractivity contribution in [2.75, 3.05) is 6.54 Å². The number of nitrogens with one attached hydrogen (secondary N) is 2. The van der Waals surface area contributed by atoms with Crippen LogP contribution in [-0.2, 0) is 6.54 Å². The first-order valence-electron chi connectivity index (χ1n) is 5.65. The van der Waals surface area contributed by atoms with Gasteiger partial charge in [0, 0.05) is 18.7 Å². The average Bonchev–Trinajstić information content (AvgIpc) is 2.65. The molecule has 6 heteroatoms. The van der Waals surface area contributed by atoms with Crippen molar-refractivity contribution < 1.29 is 15.0 Å². The Hall–Kier alpha value is -1.40. The van der Waals surface area contributed by atoms with E-state index in [1.165, 1.54) is 6.20 Å². The van der Waals surface area contributed by atoms with Crippen molar-refractivity contribution in [1.29, 1.82) is 0 Å². The molecule has 0 spiro atoms. The molecule has 0 amide bonds. The van der Waals surface area contributed by atoms with Crippen LogP contribution >= 0.6 is 0 Å². The van der Waals surface area contributed by atoms with Gasteiger partial charge in [0.1, 0.15) is 5.69 Å². The molecule has 0 aromatic carbocycles. The zero-order valence-electron chi connectivity index (χ0n) is 10.2. The number of carboxylic acids is 1. The maximum atomic E-state index is 10.8. The van der Waals surface area contributed by atoms with Gasteiger partial charge in [-0.3, -0.25) is 5.10 Å². The van der Waals surface area contributed by atoms with Crippen LogP contribution in [0.25, 0.3) is 0 Å². The molecule has 0 saturated heterocycles. The third-order valence-electron chi connectivity index (χ3n) is 2.54. The van der Waals surface area contributed by atoms with Crippen LogP contribution in [0.15, 0.2) is 6.20 Å². The summed E-state index contributed by atoms with van der Waals surface area (Å²) in [5.74, 6) is -1.03. The van der Waals surface area contributed by atoms with E-state index in [0.717, 1.165) is 6.42 Å². The van der Waals surface area contributed by atoms with Gasteiger partial charge in [0.05, 0.1) is 11.8 Å². The van der Waals surface area contributed by atoms with Crippen LogP contribution in [-0.4, -0.2) is 38.5 Å². The fraction of sp³-hybridized carbons (Fsp3) is 0.636. The Bertz CT molecular complexity index is 374. The summed E-state index contributed by atoms with van der Waals surface area (Å²) in [5, 5.41) is 27.9. The normalized spacial score (nSPS) is 14.5. The van der Waals surface area contributed by atoms with Crippen LogP contribution in [0.2, 0.25) is 0 Å². The highest BCUT2D eigenvalue weighted by Gasteiger charge is 2.19. The highest BCUT2D eigenvalue weighted by Crippen LogP contribution is 2.11. The van der Waals surface area contributed by atoms with E-state index in [2.05, 4.69) is 15.5 Å². The topological polar surface area (TPSA) is 98.2 Å². The first-order valence-corrected chi connectivity index (χ1v) is 5.65. The highest BCUT2D eigenvalue weighted by molar-refractivity contribution is 5.86. The number of carboxylic acid groups (broad SMARTS) is 1. The second kappa shape index (κ2) is 5.79. The summed E-state index contributed by atoms with van der Waals surface area (Å²) in [4.78, 5) is 10.8. The van der Waals surface area contributed by atoms with Crippen molar-refractivity contribution in [3.63, 3.8) is 0 Å². The Morgan fingerprint density at radius 1 is 1.65 bits per heavy atom. The van der Waals surface area contributed by atoms with E-state index in [9.17, 15) is 9.90 Å². The van der Waals surface area contributed by atoms with E-state index in [4.69, 9.17) is 5.11 Å². The van der Waals surface area contributed by atoms with Gasteiger partial charge in [-0.05, 0) is 13.3 Å². The van der Waals surface area contributed by atoms with Crippen LogP contribution in [0.1, 0.15) is 42.7 Å². The molecule has 0 fully saturated rings. The van der Waals surface area contributed by atoms with Gasteiger partial charge < -0.3 is 15.5 Å². The van der Waals surface area contributed by atoms with Crippen LogP contribution in [0.5, 0.6) is 0 Å². The lowest BCUT2D eigenvalue weighted by Gasteiger charge is -2.22. The third kappa shape index (κ3) is 4.16. The zero-order chi connectivity index (χ0) is 12.9. The number of hydrogen-bond acceptors (Lipinski definition) is 4. The van der Waals surface area contributed by atoms with Gasteiger partial charge in [0.15, 0.2) is 0 Å². The van der Waals surface area contributed by atoms with Crippen LogP contribution < -0.4 is 5.32 Å². The summed E-state index contributed by atoms with van der Waals surface area (Å²) in [6.45, 7) is 4.56. The van der Waals surface area contributed by atoms with Gasteiger partial charge >= 0.3 is 5.97 Å². The van der Waals surface area contributed by atoms with E-state index in [-0.39, 0.29) is 5.69 Å². The second-order valence-corrected chi connectivity index (χ2v) is 4.43. The minimum Gasteiger partial charge on any atom is -0.477 e. The number of aliphatic hydroxyl groups is 1. The second-order valence-electron chi connectivity index (χ2n) is 4.43. The lowest BCUT2D eigenvalue weighted by atomic mass is 10.0. The lowest BCUT2D eigenvalue weighted by molar-refractivity contribution is 0.0498. The molecule has 1 rings (SSSR count). The summed E-state index contributed by atoms with van der Waals surface area (Å²) in [6, 6.07) is 0. The number of aromatic amines is 1. The zero-order valence-corrected chi connectivity index (χ0v) is 10.2. The Morgan fingerprint density at radius 3 is 2.94 bits per heavy atom. The molecule has 1 aromatic rings. The molecule has 1 aromatic heterocycles. The lowest BCUT2D eigenvalue weighted by Crippen LogP contribution is -2.37. The molecular weight excluding hydrogens is 222 g/mol. The molecule has 1 unspecified atom stereocenters. The van der Waals surface area contributed by atoms with Gasteiger partial charge in [-0.1, -0.05) is 13.3 Å². The van der Waals surface area contributed by atoms with Crippen molar-refractivity contribution in [3.8, 4) is 0 Å². The number of H-pyrrole nitrogens is 1. The molecule has 0 aliphatic rings. The Kier molecular flexibility index (Phi) is 4.65. The summed E-state index contributed by atoms with van der Waals surface area (Å²) in [6.07, 6.45) is 3.09. The van der Waals surface area contributed by atoms with E-state index in [1.807, 2.05) is 6.92 Å². The van der Waals surface area contributed by atoms with E-state index >= 15 is 0 Å². The smallest absolute Gasteiger partial charge is 0.354 e. The SMILES string of the molecule is CCCC(C)(O)CNCc1cn[nH]c1C(=O)O. The molecular formula is C11H19N3O3. The van der Waals surface area contributed by atoms with Crippen LogP contribution in [0.3, 0.4) is 0 Å². The minimum absolute atomic E-state index is 0.0904. The van der Waals surface area contributed by atoms with Crippen molar-refractivity contribution in [1.82, 2.24) is 15.5 Å². The Morgan fingerprint density at radius 2 is 2.35 bits per heavy atom. The van der Waals surface area contributed by atoms with E-state index < -0.39 is 11.6 Å². The molecule has 0 aliphatic heterocycles. The van der Waals surface area contributed by atoms with Crippen molar-refractivity contribution in [2.24, 2.45) is 0 Å². The molecule has 6 nitrogen and oxygen atoms in total. The number of carbonyl (C=O) groups is 1. The van der Waals surface area contributed by atoms with Gasteiger partial charge in [0.25, 0.3) is 0 Å². The van der Waals surface area contributed by atoms with E-state index in [0.29, 0.717) is 25.1 Å². The number of aromatic nitrogens is 2. The molecule has 4 N–H and O–H groups in total. The first-order chi connectivity index (χ1) is 7.96. The fourth-order valence-corrected chi connectivity index (χ4v) is 1.72. The fourth-order valence-electron chi connectivity index (χ4n) is 1.72. The van der Waals surface area contributed by atoms with Gasteiger partial charge in [-0.25, -0.2) is 4.79 Å². The molecule has 96 valence electrons. The number of aromatic carboxylic acids is 1. The Balaban J connectivity index is 2.46. The average molecular weight is 241 g/mol. The number of nitrogens with zero attached hydrogens (tertiary/aromatic N) is 1. The van der Waals surface area contributed by atoms with Crippen molar-refractivity contribution in [3.05, 3.63) is 17.5 Å². The van der Waals surface area contributed by atoms with Gasteiger partial charge in [-0.2, -0.15) is 5.10 Å². The molecule has 0 bridgehead atoms. The van der Waals surface area contributed by atoms with Crippen molar-refractivity contribution >= 4 is 5.97 Å². The molecule has 1 atom stereocenters. The maximum absolute atomic E-state index is 10.8. The summed E-state index contributed by atoms with van der Waals surface area (Å²) < 4.78 is 0. The molecule has 17 heavy (non-hydrogen) atoms. The molecule has 0 radical (unpaired) electrons. The quantitative estimate of drug-likeness (QED) is 0.564. The van der Waals surface area contributed by atoms with Gasteiger partial charge in [-0.15, -0.1) is 0 Å². The first kappa shape index (κ1) is 13.7. The number of rotatable bonds is 7. The van der Waals surface area contributed by atoms with E-state index in [1.54, 1.807) is 6.92 Å². The summed E-state index contributed by atoms with van der Waals surface area (Å²) in [7, 11) is 0. The summed E-state index contributed by atoms with van der Waals surface area (Å²) in [5.41, 5.74) is -0.0839. The molecule has 0 aliphatic carbocycles. The molecule has 1 heterocycles. The molecule has 0 saturated carbocycles. The monoisotopic (exact) mass is 241 g/mol. The largest absolute Gasteiger partial charge is 0.477 e. The Labute approximate surface area is 100 Å². The van der Waals surface area contributed by atoms with Crippen LogP contribution in [0, 0.1) is 0 Å². The van der Waals surface area contributed by atoms with Crippen molar-refractivity contribution in [2.45, 2.75) is 38.8 Å².